The van der Waals surface area contributed by atoms with E-state index in [0.29, 0.717) is 11.5 Å². The predicted octanol–water partition coefficient (Wildman–Crippen LogP) is 0.883. The molecule has 1 heterocycles. The quantitative estimate of drug-likeness (QED) is 0.781. The molecule has 0 fully saturated rings. The molecule has 0 aliphatic carbocycles. The molecule has 0 spiro atoms. The minimum absolute atomic E-state index is 0.289. The van der Waals surface area contributed by atoms with E-state index in [2.05, 4.69) is 5.10 Å². The highest BCUT2D eigenvalue weighted by atomic mass is 16.4. The molecule has 1 aromatic rings. The largest absolute Gasteiger partial charge is 0.477 e. The van der Waals surface area contributed by atoms with Crippen molar-refractivity contribution in [2.75, 3.05) is 18.5 Å². The van der Waals surface area contributed by atoms with Gasteiger partial charge in [-0.1, -0.05) is 0 Å². The van der Waals surface area contributed by atoms with Crippen molar-refractivity contribution in [3.05, 3.63) is 11.3 Å². The van der Waals surface area contributed by atoms with Gasteiger partial charge in [0.05, 0.1) is 5.69 Å². The van der Waals surface area contributed by atoms with Crippen molar-refractivity contribution in [3.8, 4) is 0 Å². The van der Waals surface area contributed by atoms with Crippen molar-refractivity contribution in [2.24, 2.45) is 7.05 Å². The second-order valence-corrected chi connectivity index (χ2v) is 3.23. The molecule has 0 unspecified atom stereocenters. The van der Waals surface area contributed by atoms with Gasteiger partial charge < -0.3 is 10.0 Å². The summed E-state index contributed by atoms with van der Waals surface area (Å²) in [6.07, 6.45) is 0. The van der Waals surface area contributed by atoms with E-state index >= 15 is 0 Å². The highest BCUT2D eigenvalue weighted by Crippen LogP contribution is 2.21. The molecule has 0 saturated heterocycles. The van der Waals surface area contributed by atoms with Gasteiger partial charge in [-0.3, -0.25) is 4.68 Å². The molecule has 78 valence electrons. The third-order valence-electron chi connectivity index (χ3n) is 2.24. The first-order valence-corrected chi connectivity index (χ1v) is 4.47. The third kappa shape index (κ3) is 1.57. The number of aryl methyl sites for hydroxylation is 2. The molecule has 1 aromatic heterocycles. The lowest BCUT2D eigenvalue weighted by Gasteiger charge is -2.17. The molecule has 1 rings (SSSR count). The SMILES string of the molecule is CCN(C)c1c(C(=O)O)c(C)nn1C. The Morgan fingerprint density at radius 2 is 2.21 bits per heavy atom. The van der Waals surface area contributed by atoms with E-state index in [9.17, 15) is 4.79 Å². The van der Waals surface area contributed by atoms with Crippen LogP contribution in [0.2, 0.25) is 0 Å². The van der Waals surface area contributed by atoms with E-state index in [4.69, 9.17) is 5.11 Å². The molecule has 5 nitrogen and oxygen atoms in total. The van der Waals surface area contributed by atoms with Crippen LogP contribution in [0, 0.1) is 6.92 Å². The van der Waals surface area contributed by atoms with Gasteiger partial charge in [0.25, 0.3) is 0 Å². The molecular formula is C9H15N3O2. The lowest BCUT2D eigenvalue weighted by Crippen LogP contribution is -2.21. The van der Waals surface area contributed by atoms with Crippen molar-refractivity contribution in [2.45, 2.75) is 13.8 Å². The van der Waals surface area contributed by atoms with Gasteiger partial charge in [0.1, 0.15) is 11.4 Å². The third-order valence-corrected chi connectivity index (χ3v) is 2.24. The first kappa shape index (κ1) is 10.6. The summed E-state index contributed by atoms with van der Waals surface area (Å²) in [4.78, 5) is 12.9. The van der Waals surface area contributed by atoms with Crippen LogP contribution in [-0.2, 0) is 7.05 Å². The van der Waals surface area contributed by atoms with Crippen LogP contribution in [-0.4, -0.2) is 34.4 Å². The standard InChI is InChI=1S/C9H15N3O2/c1-5-11(3)8-7(9(13)14)6(2)10-12(8)4/h5H2,1-4H3,(H,13,14). The number of carboxylic acids is 1. The Labute approximate surface area is 82.9 Å². The van der Waals surface area contributed by atoms with Gasteiger partial charge in [0.2, 0.25) is 0 Å². The highest BCUT2D eigenvalue weighted by Gasteiger charge is 2.21. The summed E-state index contributed by atoms with van der Waals surface area (Å²) in [7, 11) is 3.60. The fraction of sp³-hybridized carbons (Fsp3) is 0.556. The monoisotopic (exact) mass is 197 g/mol. The number of rotatable bonds is 3. The second-order valence-electron chi connectivity index (χ2n) is 3.23. The van der Waals surface area contributed by atoms with Gasteiger partial charge >= 0.3 is 5.97 Å². The van der Waals surface area contributed by atoms with E-state index in [1.165, 1.54) is 0 Å². The van der Waals surface area contributed by atoms with Crippen molar-refractivity contribution < 1.29 is 9.90 Å². The lowest BCUT2D eigenvalue weighted by molar-refractivity contribution is 0.0697. The maximum absolute atomic E-state index is 11.0. The van der Waals surface area contributed by atoms with E-state index in [0.717, 1.165) is 6.54 Å². The molecule has 0 radical (unpaired) electrons. The van der Waals surface area contributed by atoms with Crippen LogP contribution in [0.1, 0.15) is 23.0 Å². The van der Waals surface area contributed by atoms with Gasteiger partial charge in [0.15, 0.2) is 0 Å². The number of nitrogens with zero attached hydrogens (tertiary/aromatic N) is 3. The van der Waals surface area contributed by atoms with E-state index in [-0.39, 0.29) is 5.56 Å². The second kappa shape index (κ2) is 3.69. The van der Waals surface area contributed by atoms with Gasteiger partial charge in [-0.05, 0) is 13.8 Å². The molecular weight excluding hydrogens is 182 g/mol. The Kier molecular flexibility index (Phi) is 2.78. The number of hydrogen-bond donors (Lipinski definition) is 1. The molecule has 0 aromatic carbocycles. The highest BCUT2D eigenvalue weighted by molar-refractivity contribution is 5.94. The summed E-state index contributed by atoms with van der Waals surface area (Å²) >= 11 is 0. The van der Waals surface area contributed by atoms with Crippen molar-refractivity contribution in [1.29, 1.82) is 0 Å². The molecule has 0 saturated carbocycles. The summed E-state index contributed by atoms with van der Waals surface area (Å²) in [5.41, 5.74) is 0.840. The maximum Gasteiger partial charge on any atom is 0.341 e. The van der Waals surface area contributed by atoms with Crippen LogP contribution in [0.25, 0.3) is 0 Å². The average molecular weight is 197 g/mol. The lowest BCUT2D eigenvalue weighted by atomic mass is 10.2. The number of aromatic carboxylic acids is 1. The number of carbonyl (C=O) groups is 1. The summed E-state index contributed by atoms with van der Waals surface area (Å²) in [5, 5.41) is 13.1. The molecule has 1 N–H and O–H groups in total. The van der Waals surface area contributed by atoms with Crippen LogP contribution >= 0.6 is 0 Å². The van der Waals surface area contributed by atoms with E-state index in [1.54, 1.807) is 18.7 Å². The zero-order chi connectivity index (χ0) is 10.9. The topological polar surface area (TPSA) is 58.4 Å². The minimum atomic E-state index is -0.925. The maximum atomic E-state index is 11.0. The van der Waals surface area contributed by atoms with E-state index < -0.39 is 5.97 Å². The average Bonchev–Trinajstić information content (AvgIpc) is 2.39. The number of carboxylic acid groups (broad SMARTS) is 1. The fourth-order valence-corrected chi connectivity index (χ4v) is 1.48. The Hall–Kier alpha value is -1.52. The smallest absolute Gasteiger partial charge is 0.341 e. The normalized spacial score (nSPS) is 10.3. The number of hydrogen-bond acceptors (Lipinski definition) is 3. The van der Waals surface area contributed by atoms with Crippen LogP contribution in [0.3, 0.4) is 0 Å². The summed E-state index contributed by atoms with van der Waals surface area (Å²) < 4.78 is 1.60. The molecule has 0 bridgehead atoms. The van der Waals surface area contributed by atoms with Crippen molar-refractivity contribution in [3.63, 3.8) is 0 Å². The Morgan fingerprint density at radius 3 is 2.64 bits per heavy atom. The van der Waals surface area contributed by atoms with Crippen LogP contribution < -0.4 is 4.90 Å². The molecule has 14 heavy (non-hydrogen) atoms. The van der Waals surface area contributed by atoms with Crippen molar-refractivity contribution in [1.82, 2.24) is 9.78 Å². The molecule has 0 aliphatic heterocycles. The predicted molar refractivity (Wildman–Crippen MR) is 53.8 cm³/mol. The van der Waals surface area contributed by atoms with Crippen LogP contribution in [0.15, 0.2) is 0 Å². The van der Waals surface area contributed by atoms with Gasteiger partial charge in [0, 0.05) is 20.6 Å². The Balaban J connectivity index is 3.32. The molecule has 0 aliphatic rings. The minimum Gasteiger partial charge on any atom is -0.477 e. The molecule has 0 amide bonds. The van der Waals surface area contributed by atoms with Crippen LogP contribution in [0.5, 0.6) is 0 Å². The number of anilines is 1. The van der Waals surface area contributed by atoms with Gasteiger partial charge in [-0.2, -0.15) is 5.10 Å². The van der Waals surface area contributed by atoms with Gasteiger partial charge in [-0.15, -0.1) is 0 Å². The van der Waals surface area contributed by atoms with Gasteiger partial charge in [-0.25, -0.2) is 4.79 Å². The molecule has 5 heteroatoms. The summed E-state index contributed by atoms with van der Waals surface area (Å²) in [6.45, 7) is 4.42. The number of aromatic nitrogens is 2. The zero-order valence-corrected chi connectivity index (χ0v) is 8.90. The molecule has 0 atom stereocenters. The zero-order valence-electron chi connectivity index (χ0n) is 8.90. The summed E-state index contributed by atoms with van der Waals surface area (Å²) in [6, 6.07) is 0. The first-order chi connectivity index (χ1) is 6.49. The Bertz CT molecular complexity index is 357. The Morgan fingerprint density at radius 1 is 1.64 bits per heavy atom. The fourth-order valence-electron chi connectivity index (χ4n) is 1.48. The first-order valence-electron chi connectivity index (χ1n) is 4.47. The van der Waals surface area contributed by atoms with Crippen molar-refractivity contribution >= 4 is 11.8 Å². The van der Waals surface area contributed by atoms with E-state index in [1.807, 2.05) is 18.9 Å². The summed E-state index contributed by atoms with van der Waals surface area (Å²) in [5.74, 6) is -0.275. The van der Waals surface area contributed by atoms with Crippen LogP contribution in [0.4, 0.5) is 5.82 Å².